The number of allylic oxidation sites excluding steroid dienone is 2. The van der Waals surface area contributed by atoms with E-state index in [9.17, 15) is 10.1 Å². The van der Waals surface area contributed by atoms with Gasteiger partial charge in [0.15, 0.2) is 11.5 Å². The van der Waals surface area contributed by atoms with Crippen LogP contribution >= 0.6 is 15.9 Å². The first kappa shape index (κ1) is 21.5. The van der Waals surface area contributed by atoms with E-state index < -0.39 is 0 Å². The Kier molecular flexibility index (Phi) is 5.81. The highest BCUT2D eigenvalue weighted by molar-refractivity contribution is 9.10. The van der Waals surface area contributed by atoms with Gasteiger partial charge in [-0.05, 0) is 57.1 Å². The Hall–Kier alpha value is -3.32. The Balaban J connectivity index is 1.50. The molecule has 1 aliphatic carbocycles. The minimum Gasteiger partial charge on any atom is -0.493 e. The van der Waals surface area contributed by atoms with Gasteiger partial charge in [-0.1, -0.05) is 54.6 Å². The van der Waals surface area contributed by atoms with Crippen LogP contribution in [0.15, 0.2) is 77.3 Å². The molecule has 1 N–H and O–H groups in total. The quantitative estimate of drug-likeness (QED) is 0.226. The minimum absolute atomic E-state index is 0.102. The summed E-state index contributed by atoms with van der Waals surface area (Å²) in [7, 11) is 1.62. The normalized spacial score (nSPS) is 20.5. The lowest BCUT2D eigenvalue weighted by molar-refractivity contribution is -0.384. The van der Waals surface area contributed by atoms with Crippen LogP contribution in [0.2, 0.25) is 0 Å². The third kappa shape index (κ3) is 3.97. The van der Waals surface area contributed by atoms with Gasteiger partial charge in [0.1, 0.15) is 12.3 Å². The van der Waals surface area contributed by atoms with Gasteiger partial charge in [-0.25, -0.2) is 0 Å². The van der Waals surface area contributed by atoms with Gasteiger partial charge in [-0.2, -0.15) is 0 Å². The van der Waals surface area contributed by atoms with Crippen molar-refractivity contribution in [2.75, 3.05) is 12.4 Å². The molecule has 0 amide bonds. The molecule has 0 fully saturated rings. The number of nitrogens with zero attached hydrogens (tertiary/aromatic N) is 1. The lowest BCUT2D eigenvalue weighted by Crippen LogP contribution is -2.29. The number of anilines is 1. The number of benzene rings is 3. The molecule has 0 saturated carbocycles. The van der Waals surface area contributed by atoms with Gasteiger partial charge < -0.3 is 14.8 Å². The van der Waals surface area contributed by atoms with Crippen molar-refractivity contribution in [2.24, 2.45) is 5.92 Å². The van der Waals surface area contributed by atoms with Crippen LogP contribution in [-0.2, 0) is 6.61 Å². The van der Waals surface area contributed by atoms with Gasteiger partial charge in [-0.15, -0.1) is 0 Å². The van der Waals surface area contributed by atoms with Crippen LogP contribution in [0.25, 0.3) is 0 Å². The summed E-state index contributed by atoms with van der Waals surface area (Å²) in [4.78, 5) is 11.4. The van der Waals surface area contributed by atoms with Gasteiger partial charge in [0.25, 0.3) is 5.69 Å². The summed E-state index contributed by atoms with van der Waals surface area (Å²) in [6.07, 6.45) is 5.24. The van der Waals surface area contributed by atoms with Crippen molar-refractivity contribution in [1.82, 2.24) is 0 Å². The molecule has 6 nitrogen and oxygen atoms in total. The first-order valence-electron chi connectivity index (χ1n) is 10.8. The lowest BCUT2D eigenvalue weighted by atomic mass is 9.76. The number of hydrogen-bond acceptors (Lipinski definition) is 5. The van der Waals surface area contributed by atoms with Crippen LogP contribution in [0.3, 0.4) is 0 Å². The van der Waals surface area contributed by atoms with Crippen molar-refractivity contribution in [2.45, 2.75) is 25.0 Å². The van der Waals surface area contributed by atoms with Crippen LogP contribution in [0.5, 0.6) is 11.5 Å². The second-order valence-electron chi connectivity index (χ2n) is 8.28. The van der Waals surface area contributed by atoms with Crippen LogP contribution in [0.4, 0.5) is 11.4 Å². The third-order valence-electron chi connectivity index (χ3n) is 6.41. The number of ether oxygens (including phenoxy) is 2. The summed E-state index contributed by atoms with van der Waals surface area (Å²) in [5.74, 6) is 1.64. The Bertz CT molecular complexity index is 1230. The molecule has 3 aromatic carbocycles. The van der Waals surface area contributed by atoms with Gasteiger partial charge >= 0.3 is 0 Å². The number of methoxy groups -OCH3 is 1. The van der Waals surface area contributed by atoms with Crippen molar-refractivity contribution in [3.05, 3.63) is 104 Å². The summed E-state index contributed by atoms with van der Waals surface area (Å²) < 4.78 is 12.6. The summed E-state index contributed by atoms with van der Waals surface area (Å²) >= 11 is 3.66. The minimum atomic E-state index is -0.321. The molecular weight excluding hydrogens is 484 g/mol. The number of nitro benzene ring substituents is 1. The van der Waals surface area contributed by atoms with E-state index in [4.69, 9.17) is 9.47 Å². The predicted molar refractivity (Wildman–Crippen MR) is 131 cm³/mol. The molecule has 0 radical (unpaired) electrons. The average Bonchev–Trinajstić information content (AvgIpc) is 3.33. The number of hydrogen-bond donors (Lipinski definition) is 1. The van der Waals surface area contributed by atoms with E-state index in [0.717, 1.165) is 27.6 Å². The van der Waals surface area contributed by atoms with Crippen molar-refractivity contribution in [1.29, 1.82) is 0 Å². The summed E-state index contributed by atoms with van der Waals surface area (Å²) in [6.45, 7) is 0.422. The fourth-order valence-corrected chi connectivity index (χ4v) is 5.45. The molecule has 1 aliphatic heterocycles. The zero-order chi connectivity index (χ0) is 22.9. The highest BCUT2D eigenvalue weighted by atomic mass is 79.9. The van der Waals surface area contributed by atoms with Crippen LogP contribution < -0.4 is 14.8 Å². The largest absolute Gasteiger partial charge is 0.493 e. The third-order valence-corrected chi connectivity index (χ3v) is 7.00. The molecule has 0 saturated heterocycles. The Morgan fingerprint density at radius 2 is 1.97 bits per heavy atom. The Labute approximate surface area is 200 Å². The average molecular weight is 507 g/mol. The molecule has 0 unspecified atom stereocenters. The fraction of sp³-hybridized carbons (Fsp3) is 0.231. The van der Waals surface area contributed by atoms with E-state index in [0.29, 0.717) is 23.8 Å². The lowest BCUT2D eigenvalue weighted by Gasteiger charge is -2.37. The van der Waals surface area contributed by atoms with Gasteiger partial charge in [0, 0.05) is 12.0 Å². The van der Waals surface area contributed by atoms with E-state index in [1.807, 2.05) is 48.5 Å². The number of halogens is 1. The highest BCUT2D eigenvalue weighted by Crippen LogP contribution is 2.53. The molecule has 1 heterocycles. The summed E-state index contributed by atoms with van der Waals surface area (Å²) in [5, 5.41) is 15.2. The second-order valence-corrected chi connectivity index (χ2v) is 9.14. The number of rotatable bonds is 6. The first-order valence-corrected chi connectivity index (χ1v) is 11.6. The molecule has 3 atom stereocenters. The van der Waals surface area contributed by atoms with Crippen LogP contribution in [-0.4, -0.2) is 12.0 Å². The van der Waals surface area contributed by atoms with E-state index in [1.54, 1.807) is 19.2 Å². The predicted octanol–water partition coefficient (Wildman–Crippen LogP) is 6.77. The topological polar surface area (TPSA) is 73.6 Å². The maximum Gasteiger partial charge on any atom is 0.292 e. The van der Waals surface area contributed by atoms with Crippen molar-refractivity contribution >= 4 is 27.3 Å². The second kappa shape index (κ2) is 8.90. The molecule has 0 bridgehead atoms. The smallest absolute Gasteiger partial charge is 0.292 e. The monoisotopic (exact) mass is 506 g/mol. The van der Waals surface area contributed by atoms with Crippen LogP contribution in [0, 0.1) is 16.0 Å². The number of para-hydroxylation sites is 1. The summed E-state index contributed by atoms with van der Waals surface area (Å²) in [5.41, 5.74) is 3.74. The van der Waals surface area contributed by atoms with Gasteiger partial charge in [-0.3, -0.25) is 10.1 Å². The molecular formula is C26H23BrN2O4. The molecule has 168 valence electrons. The van der Waals surface area contributed by atoms with Gasteiger partial charge in [0.2, 0.25) is 0 Å². The van der Waals surface area contributed by atoms with E-state index in [1.165, 1.54) is 0 Å². The molecule has 2 aliphatic rings. The van der Waals surface area contributed by atoms with Gasteiger partial charge in [0.05, 0.1) is 22.5 Å². The molecule has 0 aromatic heterocycles. The fourth-order valence-electron chi connectivity index (χ4n) is 4.88. The maximum atomic E-state index is 11.7. The highest BCUT2D eigenvalue weighted by Gasteiger charge is 2.40. The molecule has 5 rings (SSSR count). The van der Waals surface area contributed by atoms with E-state index >= 15 is 0 Å². The Morgan fingerprint density at radius 3 is 2.73 bits per heavy atom. The van der Waals surface area contributed by atoms with Crippen molar-refractivity contribution in [3.8, 4) is 11.5 Å². The van der Waals surface area contributed by atoms with Crippen LogP contribution in [0.1, 0.15) is 35.1 Å². The number of nitro groups is 1. The van der Waals surface area contributed by atoms with Crippen molar-refractivity contribution in [3.63, 3.8) is 0 Å². The number of fused-ring (bicyclic) bond motifs is 3. The molecule has 7 heteroatoms. The SMILES string of the molecule is COc1cc([C@@H]2Nc3c(cccc3[N+](=O)[O-])[C@@H]3C=CC[C@@H]32)cc(Br)c1OCc1ccccc1. The zero-order valence-electron chi connectivity index (χ0n) is 18.0. The standard InChI is InChI=1S/C26H23BrN2O4/c1-32-23-14-17(13-21(27)26(23)33-15-16-7-3-2-4-8-16)24-19-10-5-9-18(19)20-11-6-12-22(29(30)31)25(20)28-24/h2-9,11-14,18-19,24,28H,10,15H2,1H3/t18-,19+,24+/m1/s1. The van der Waals surface area contributed by atoms with Crippen molar-refractivity contribution < 1.29 is 14.4 Å². The molecule has 3 aromatic rings. The summed E-state index contributed by atoms with van der Waals surface area (Å²) in [6, 6.07) is 19.1. The first-order chi connectivity index (χ1) is 16.1. The molecule has 33 heavy (non-hydrogen) atoms. The van der Waals surface area contributed by atoms with E-state index in [2.05, 4.69) is 33.4 Å². The zero-order valence-corrected chi connectivity index (χ0v) is 19.6. The Morgan fingerprint density at radius 1 is 1.15 bits per heavy atom. The van der Waals surface area contributed by atoms with E-state index in [-0.39, 0.29) is 28.5 Å². The number of nitrogens with one attached hydrogen (secondary N) is 1. The maximum absolute atomic E-state index is 11.7. The molecule has 0 spiro atoms.